The molecule has 102 valence electrons. The minimum absolute atomic E-state index is 0.0851. The summed E-state index contributed by atoms with van der Waals surface area (Å²) in [7, 11) is -5.73. The van der Waals surface area contributed by atoms with Crippen molar-refractivity contribution in [2.24, 2.45) is 0 Å². The quantitative estimate of drug-likeness (QED) is 0.753. The van der Waals surface area contributed by atoms with Crippen LogP contribution in [-0.4, -0.2) is 51.7 Å². The SMILES string of the molecule is CN(CCS(C)(=O)=O)S(=O)(=O)c1ccc(=O)[nH]c1. The number of hydrogen-bond donors (Lipinski definition) is 1. The van der Waals surface area contributed by atoms with E-state index in [-0.39, 0.29) is 17.2 Å². The van der Waals surface area contributed by atoms with Crippen LogP contribution in [0.5, 0.6) is 0 Å². The number of sulfonamides is 1. The molecule has 0 aliphatic carbocycles. The van der Waals surface area contributed by atoms with E-state index in [2.05, 4.69) is 4.98 Å². The summed E-state index contributed by atoms with van der Waals surface area (Å²) in [5.41, 5.74) is -0.410. The van der Waals surface area contributed by atoms with E-state index in [9.17, 15) is 21.6 Å². The lowest BCUT2D eigenvalue weighted by Gasteiger charge is -2.16. The molecule has 1 rings (SSSR count). The number of pyridine rings is 1. The Balaban J connectivity index is 2.93. The highest BCUT2D eigenvalue weighted by Gasteiger charge is 2.21. The van der Waals surface area contributed by atoms with Crippen molar-refractivity contribution in [3.63, 3.8) is 0 Å². The molecule has 1 heterocycles. The van der Waals surface area contributed by atoms with Crippen LogP contribution in [0.3, 0.4) is 0 Å². The van der Waals surface area contributed by atoms with E-state index in [0.29, 0.717) is 0 Å². The van der Waals surface area contributed by atoms with Crippen molar-refractivity contribution in [2.45, 2.75) is 4.90 Å². The van der Waals surface area contributed by atoms with Gasteiger partial charge in [0, 0.05) is 32.1 Å². The zero-order chi connectivity index (χ0) is 14.0. The largest absolute Gasteiger partial charge is 0.328 e. The first kappa shape index (κ1) is 14.9. The van der Waals surface area contributed by atoms with Gasteiger partial charge >= 0.3 is 0 Å². The molecule has 1 aromatic heterocycles. The van der Waals surface area contributed by atoms with Gasteiger partial charge in [0.15, 0.2) is 0 Å². The van der Waals surface area contributed by atoms with Crippen LogP contribution in [0.25, 0.3) is 0 Å². The first-order valence-corrected chi connectivity index (χ1v) is 8.46. The second-order valence-corrected chi connectivity index (χ2v) is 8.15. The van der Waals surface area contributed by atoms with Crippen LogP contribution in [0.2, 0.25) is 0 Å². The van der Waals surface area contributed by atoms with Gasteiger partial charge in [-0.2, -0.15) is 4.31 Å². The minimum atomic E-state index is -3.78. The zero-order valence-electron chi connectivity index (χ0n) is 9.95. The first-order valence-electron chi connectivity index (χ1n) is 4.96. The van der Waals surface area contributed by atoms with Crippen molar-refractivity contribution >= 4 is 19.9 Å². The zero-order valence-corrected chi connectivity index (χ0v) is 11.6. The second-order valence-electron chi connectivity index (χ2n) is 3.85. The van der Waals surface area contributed by atoms with Crippen molar-refractivity contribution in [3.8, 4) is 0 Å². The van der Waals surface area contributed by atoms with Gasteiger partial charge < -0.3 is 4.98 Å². The molecule has 0 aliphatic rings. The molecule has 18 heavy (non-hydrogen) atoms. The summed E-state index contributed by atoms with van der Waals surface area (Å²) >= 11 is 0. The summed E-state index contributed by atoms with van der Waals surface area (Å²) in [5.74, 6) is -0.258. The van der Waals surface area contributed by atoms with Gasteiger partial charge in [-0.25, -0.2) is 16.8 Å². The summed E-state index contributed by atoms with van der Waals surface area (Å²) in [5, 5.41) is 0. The fourth-order valence-corrected chi connectivity index (χ4v) is 3.01. The standard InChI is InChI=1S/C9H14N2O5S2/c1-11(5-6-17(2,13)14)18(15,16)8-3-4-9(12)10-7-8/h3-4,7H,5-6H2,1-2H3,(H,10,12). The maximum absolute atomic E-state index is 12.0. The molecule has 0 fully saturated rings. The van der Waals surface area contributed by atoms with Gasteiger partial charge in [-0.3, -0.25) is 4.79 Å². The monoisotopic (exact) mass is 294 g/mol. The van der Waals surface area contributed by atoms with E-state index in [1.54, 1.807) is 0 Å². The minimum Gasteiger partial charge on any atom is -0.328 e. The third-order valence-electron chi connectivity index (χ3n) is 2.24. The predicted octanol–water partition coefficient (Wildman–Crippen LogP) is -0.960. The molecule has 0 bridgehead atoms. The van der Waals surface area contributed by atoms with Crippen LogP contribution in [0.1, 0.15) is 0 Å². The van der Waals surface area contributed by atoms with Gasteiger partial charge in [0.25, 0.3) is 0 Å². The fraction of sp³-hybridized carbons (Fsp3) is 0.444. The van der Waals surface area contributed by atoms with E-state index >= 15 is 0 Å². The molecule has 1 N–H and O–H groups in total. The van der Waals surface area contributed by atoms with E-state index < -0.39 is 25.4 Å². The Morgan fingerprint density at radius 1 is 1.22 bits per heavy atom. The average Bonchev–Trinajstić information content (AvgIpc) is 2.25. The van der Waals surface area contributed by atoms with E-state index in [0.717, 1.165) is 22.8 Å². The van der Waals surface area contributed by atoms with E-state index in [1.165, 1.54) is 13.1 Å². The number of aromatic amines is 1. The van der Waals surface area contributed by atoms with Crippen molar-refractivity contribution in [1.82, 2.24) is 9.29 Å². The number of nitrogens with zero attached hydrogens (tertiary/aromatic N) is 1. The lowest BCUT2D eigenvalue weighted by atomic mass is 10.5. The molecule has 1 aromatic rings. The summed E-state index contributed by atoms with van der Waals surface area (Å²) in [6.45, 7) is -0.139. The maximum atomic E-state index is 12.0. The Bertz CT molecular complexity index is 655. The van der Waals surface area contributed by atoms with Gasteiger partial charge in [0.2, 0.25) is 15.6 Å². The molecular weight excluding hydrogens is 280 g/mol. The van der Waals surface area contributed by atoms with Gasteiger partial charge in [-0.1, -0.05) is 0 Å². The van der Waals surface area contributed by atoms with Crippen LogP contribution in [0, 0.1) is 0 Å². The van der Waals surface area contributed by atoms with Crippen molar-refractivity contribution in [3.05, 3.63) is 28.7 Å². The number of H-pyrrole nitrogens is 1. The molecule has 0 aromatic carbocycles. The third-order valence-corrected chi connectivity index (χ3v) is 5.02. The molecule has 0 radical (unpaired) electrons. The Hall–Kier alpha value is -1.19. The van der Waals surface area contributed by atoms with E-state index in [4.69, 9.17) is 0 Å². The van der Waals surface area contributed by atoms with Crippen molar-refractivity contribution < 1.29 is 16.8 Å². The normalized spacial score (nSPS) is 12.8. The maximum Gasteiger partial charge on any atom is 0.247 e. The molecule has 0 amide bonds. The van der Waals surface area contributed by atoms with Crippen LogP contribution in [-0.2, 0) is 19.9 Å². The molecule has 0 atom stereocenters. The molecule has 7 nitrogen and oxygen atoms in total. The highest BCUT2D eigenvalue weighted by atomic mass is 32.2. The molecule has 9 heteroatoms. The van der Waals surface area contributed by atoms with Crippen molar-refractivity contribution in [2.75, 3.05) is 25.6 Å². The van der Waals surface area contributed by atoms with Gasteiger partial charge in [0.05, 0.1) is 10.6 Å². The van der Waals surface area contributed by atoms with Crippen LogP contribution in [0.15, 0.2) is 28.0 Å². The van der Waals surface area contributed by atoms with Crippen LogP contribution in [0.4, 0.5) is 0 Å². The molecule has 0 unspecified atom stereocenters. The summed E-state index contributed by atoms with van der Waals surface area (Å²) in [4.78, 5) is 13.0. The number of aromatic nitrogens is 1. The van der Waals surface area contributed by atoms with E-state index in [1.807, 2.05) is 0 Å². The fourth-order valence-electron chi connectivity index (χ4n) is 1.15. The number of nitrogens with one attached hydrogen (secondary N) is 1. The number of hydrogen-bond acceptors (Lipinski definition) is 5. The molecule has 0 saturated heterocycles. The Morgan fingerprint density at radius 3 is 2.28 bits per heavy atom. The molecule has 0 saturated carbocycles. The van der Waals surface area contributed by atoms with Crippen molar-refractivity contribution in [1.29, 1.82) is 0 Å². The van der Waals surface area contributed by atoms with Gasteiger partial charge in [-0.05, 0) is 6.07 Å². The summed E-state index contributed by atoms with van der Waals surface area (Å²) in [6.07, 6.45) is 2.11. The Labute approximate surface area is 105 Å². The highest BCUT2D eigenvalue weighted by molar-refractivity contribution is 7.91. The summed E-state index contributed by atoms with van der Waals surface area (Å²) in [6, 6.07) is 2.27. The smallest absolute Gasteiger partial charge is 0.247 e. The summed E-state index contributed by atoms with van der Waals surface area (Å²) < 4.78 is 46.8. The van der Waals surface area contributed by atoms with Gasteiger partial charge in [-0.15, -0.1) is 0 Å². The Morgan fingerprint density at radius 2 is 1.83 bits per heavy atom. The van der Waals surface area contributed by atoms with Crippen LogP contribution >= 0.6 is 0 Å². The molecule has 0 spiro atoms. The molecular formula is C9H14N2O5S2. The third kappa shape index (κ3) is 3.93. The Kier molecular flexibility index (Phi) is 4.30. The number of sulfone groups is 1. The second kappa shape index (κ2) is 5.21. The lowest BCUT2D eigenvalue weighted by molar-refractivity contribution is 0.484. The average molecular weight is 294 g/mol. The molecule has 0 aliphatic heterocycles. The first-order chi connectivity index (χ1) is 8.13. The highest BCUT2D eigenvalue weighted by Crippen LogP contribution is 2.11. The van der Waals surface area contributed by atoms with Crippen LogP contribution < -0.4 is 5.56 Å². The predicted molar refractivity (Wildman–Crippen MR) is 66.6 cm³/mol. The lowest BCUT2D eigenvalue weighted by Crippen LogP contribution is -2.31. The topological polar surface area (TPSA) is 104 Å². The van der Waals surface area contributed by atoms with Gasteiger partial charge in [0.1, 0.15) is 9.84 Å². The number of rotatable bonds is 5.